The molecular weight excluding hydrogens is 473 g/mol. The smallest absolute Gasteiger partial charge is 0.191 e. The highest BCUT2D eigenvalue weighted by Gasteiger charge is 2.23. The fraction of sp³-hybridized carbons (Fsp3) is 0.526. The largest absolute Gasteiger partial charge is 0.379 e. The molecular formula is C19H30IN5OS. The maximum Gasteiger partial charge on any atom is 0.191 e. The van der Waals surface area contributed by atoms with Gasteiger partial charge in [-0.3, -0.25) is 9.89 Å². The normalized spacial score (nSPS) is 16.6. The van der Waals surface area contributed by atoms with Crippen LogP contribution in [-0.4, -0.2) is 61.4 Å². The molecule has 1 atom stereocenters. The van der Waals surface area contributed by atoms with Crippen LogP contribution < -0.4 is 10.6 Å². The topological polar surface area (TPSA) is 53.8 Å². The number of thiophene rings is 1. The number of aromatic nitrogens is 1. The summed E-state index contributed by atoms with van der Waals surface area (Å²) in [5, 5.41) is 8.94. The Morgan fingerprint density at radius 2 is 2.00 bits per heavy atom. The van der Waals surface area contributed by atoms with Crippen LogP contribution in [0.3, 0.4) is 0 Å². The minimum atomic E-state index is 0. The Morgan fingerprint density at radius 1 is 1.22 bits per heavy atom. The van der Waals surface area contributed by atoms with Crippen LogP contribution in [0.2, 0.25) is 0 Å². The van der Waals surface area contributed by atoms with Crippen LogP contribution in [0.5, 0.6) is 0 Å². The highest BCUT2D eigenvalue weighted by Crippen LogP contribution is 2.26. The average molecular weight is 503 g/mol. The molecule has 27 heavy (non-hydrogen) atoms. The van der Waals surface area contributed by atoms with Crippen molar-refractivity contribution >= 4 is 41.3 Å². The van der Waals surface area contributed by atoms with Crippen molar-refractivity contribution in [3.63, 3.8) is 0 Å². The summed E-state index contributed by atoms with van der Waals surface area (Å²) in [6.45, 7) is 9.03. The predicted molar refractivity (Wildman–Crippen MR) is 123 cm³/mol. The van der Waals surface area contributed by atoms with Gasteiger partial charge in [-0.05, 0) is 30.5 Å². The monoisotopic (exact) mass is 503 g/mol. The summed E-state index contributed by atoms with van der Waals surface area (Å²) in [6, 6.07) is 8.75. The second-order valence-electron chi connectivity index (χ2n) is 6.25. The molecule has 1 fully saturated rings. The Hall–Kier alpha value is -1.10. The lowest BCUT2D eigenvalue weighted by atomic mass is 10.2. The van der Waals surface area contributed by atoms with Crippen LogP contribution in [0, 0.1) is 0 Å². The van der Waals surface area contributed by atoms with Crippen LogP contribution in [-0.2, 0) is 11.3 Å². The van der Waals surface area contributed by atoms with E-state index < -0.39 is 0 Å². The molecule has 2 aromatic rings. The van der Waals surface area contributed by atoms with E-state index in [1.165, 1.54) is 4.88 Å². The van der Waals surface area contributed by atoms with E-state index in [1.807, 2.05) is 23.5 Å². The number of hydrogen-bond donors (Lipinski definition) is 2. The van der Waals surface area contributed by atoms with Gasteiger partial charge < -0.3 is 19.9 Å². The number of nitrogens with one attached hydrogen (secondary N) is 2. The molecule has 150 valence electrons. The lowest BCUT2D eigenvalue weighted by molar-refractivity contribution is 0.0186. The quantitative estimate of drug-likeness (QED) is 0.331. The predicted octanol–water partition coefficient (Wildman–Crippen LogP) is 2.80. The highest BCUT2D eigenvalue weighted by molar-refractivity contribution is 14.0. The van der Waals surface area contributed by atoms with Crippen molar-refractivity contribution < 1.29 is 4.74 Å². The molecule has 1 unspecified atom stereocenters. The van der Waals surface area contributed by atoms with Gasteiger partial charge in [0.05, 0.1) is 25.8 Å². The van der Waals surface area contributed by atoms with Gasteiger partial charge >= 0.3 is 0 Å². The SMILES string of the molecule is CCNC(=NCC(c1cccs1)N1CCOCC1)NCCn1cccc1.I. The standard InChI is InChI=1S/C19H29N5OS.HI/c1-2-20-19(21-7-10-23-8-3-4-9-23)22-16-17(18-6-5-15-26-18)24-11-13-25-14-12-24;/h3-6,8-9,15,17H,2,7,10-14,16H2,1H3,(H2,20,21,22);1H. The molecule has 0 aliphatic carbocycles. The van der Waals surface area contributed by atoms with E-state index in [2.05, 4.69) is 56.9 Å². The van der Waals surface area contributed by atoms with Crippen LogP contribution in [0.15, 0.2) is 47.0 Å². The van der Waals surface area contributed by atoms with Crippen molar-refractivity contribution in [2.45, 2.75) is 19.5 Å². The highest BCUT2D eigenvalue weighted by atomic mass is 127. The molecule has 0 bridgehead atoms. The third-order valence-corrected chi connectivity index (χ3v) is 5.43. The minimum absolute atomic E-state index is 0. The van der Waals surface area contributed by atoms with Crippen LogP contribution >= 0.6 is 35.3 Å². The van der Waals surface area contributed by atoms with E-state index in [1.54, 1.807) is 0 Å². The molecule has 0 aromatic carbocycles. The molecule has 1 aliphatic heterocycles. The maximum atomic E-state index is 5.52. The first kappa shape index (κ1) is 22.2. The number of morpholine rings is 1. The third-order valence-electron chi connectivity index (χ3n) is 4.45. The fourth-order valence-corrected chi connectivity index (χ4v) is 3.95. The molecule has 3 rings (SSSR count). The summed E-state index contributed by atoms with van der Waals surface area (Å²) < 4.78 is 7.68. The van der Waals surface area contributed by atoms with Gasteiger partial charge in [-0.25, -0.2) is 0 Å². The molecule has 0 radical (unpaired) electrons. The Bertz CT molecular complexity index is 641. The van der Waals surface area contributed by atoms with Gasteiger partial charge in [-0.1, -0.05) is 6.07 Å². The summed E-state index contributed by atoms with van der Waals surface area (Å²) in [5.74, 6) is 0.884. The Labute approximate surface area is 183 Å². The van der Waals surface area contributed by atoms with Crippen LogP contribution in [0.1, 0.15) is 17.8 Å². The summed E-state index contributed by atoms with van der Waals surface area (Å²) in [6.07, 6.45) is 4.16. The molecule has 2 N–H and O–H groups in total. The molecule has 0 amide bonds. The average Bonchev–Trinajstić information content (AvgIpc) is 3.37. The summed E-state index contributed by atoms with van der Waals surface area (Å²) >= 11 is 1.81. The number of rotatable bonds is 8. The lowest BCUT2D eigenvalue weighted by Crippen LogP contribution is -2.42. The van der Waals surface area contributed by atoms with E-state index in [-0.39, 0.29) is 24.0 Å². The van der Waals surface area contributed by atoms with Crippen molar-refractivity contribution in [1.29, 1.82) is 0 Å². The van der Waals surface area contributed by atoms with Crippen molar-refractivity contribution in [1.82, 2.24) is 20.1 Å². The van der Waals surface area contributed by atoms with E-state index in [0.717, 1.165) is 58.4 Å². The van der Waals surface area contributed by atoms with Crippen LogP contribution in [0.25, 0.3) is 0 Å². The summed E-state index contributed by atoms with van der Waals surface area (Å²) in [7, 11) is 0. The number of aliphatic imine (C=N–C) groups is 1. The van der Waals surface area contributed by atoms with Crippen molar-refractivity contribution in [3.05, 3.63) is 46.9 Å². The molecule has 8 heteroatoms. The number of halogens is 1. The van der Waals surface area contributed by atoms with Gasteiger partial charge in [0, 0.05) is 50.0 Å². The summed E-state index contributed by atoms with van der Waals surface area (Å²) in [5.41, 5.74) is 0. The van der Waals surface area contributed by atoms with Crippen molar-refractivity contribution in [2.75, 3.05) is 45.9 Å². The molecule has 0 spiro atoms. The van der Waals surface area contributed by atoms with Gasteiger partial charge in [0.1, 0.15) is 0 Å². The molecule has 1 aliphatic rings. The third kappa shape index (κ3) is 7.10. The minimum Gasteiger partial charge on any atom is -0.379 e. The first-order chi connectivity index (χ1) is 12.9. The number of nitrogens with zero attached hydrogens (tertiary/aromatic N) is 3. The molecule has 6 nitrogen and oxygen atoms in total. The van der Waals surface area contributed by atoms with E-state index >= 15 is 0 Å². The van der Waals surface area contributed by atoms with Crippen LogP contribution in [0.4, 0.5) is 0 Å². The van der Waals surface area contributed by atoms with Gasteiger partial charge in [0.25, 0.3) is 0 Å². The van der Waals surface area contributed by atoms with Gasteiger partial charge in [0.2, 0.25) is 0 Å². The molecule has 1 saturated heterocycles. The fourth-order valence-electron chi connectivity index (χ4n) is 3.10. The van der Waals surface area contributed by atoms with Gasteiger partial charge in [-0.15, -0.1) is 35.3 Å². The molecule has 3 heterocycles. The zero-order valence-corrected chi connectivity index (χ0v) is 19.0. The van der Waals surface area contributed by atoms with Gasteiger partial charge in [0.15, 0.2) is 5.96 Å². The summed E-state index contributed by atoms with van der Waals surface area (Å²) in [4.78, 5) is 8.74. The molecule has 2 aromatic heterocycles. The van der Waals surface area contributed by atoms with E-state index in [4.69, 9.17) is 9.73 Å². The lowest BCUT2D eigenvalue weighted by Gasteiger charge is -2.33. The Kier molecular flexibility index (Phi) is 10.2. The van der Waals surface area contributed by atoms with Crippen molar-refractivity contribution in [2.24, 2.45) is 4.99 Å². The van der Waals surface area contributed by atoms with E-state index in [9.17, 15) is 0 Å². The number of guanidine groups is 1. The zero-order valence-electron chi connectivity index (χ0n) is 15.8. The first-order valence-corrected chi connectivity index (χ1v) is 10.2. The maximum absolute atomic E-state index is 5.52. The second kappa shape index (κ2) is 12.4. The first-order valence-electron chi connectivity index (χ1n) is 9.35. The number of ether oxygens (including phenoxy) is 1. The van der Waals surface area contributed by atoms with Crippen molar-refractivity contribution in [3.8, 4) is 0 Å². The van der Waals surface area contributed by atoms with Gasteiger partial charge in [-0.2, -0.15) is 0 Å². The Morgan fingerprint density at radius 3 is 2.67 bits per heavy atom. The zero-order chi connectivity index (χ0) is 18.0. The number of hydrogen-bond acceptors (Lipinski definition) is 4. The molecule has 0 saturated carbocycles. The van der Waals surface area contributed by atoms with E-state index in [0.29, 0.717) is 6.04 Å². The Balaban J connectivity index is 0.00000261. The second-order valence-corrected chi connectivity index (χ2v) is 7.23.